The highest BCUT2D eigenvalue weighted by Crippen LogP contribution is 2.34. The second-order valence-electron chi connectivity index (χ2n) is 11.9. The maximum Gasteiger partial charge on any atom is 0.263 e. The average Bonchev–Trinajstić information content (AvgIpc) is 3.76. The molecule has 2 fully saturated rings. The molecule has 1 saturated carbocycles. The van der Waals surface area contributed by atoms with Crippen LogP contribution in [0.2, 0.25) is 5.02 Å². The molecule has 3 heterocycles. The molecule has 9 nitrogen and oxygen atoms in total. The van der Waals surface area contributed by atoms with Gasteiger partial charge in [0, 0.05) is 35.4 Å². The van der Waals surface area contributed by atoms with Crippen molar-refractivity contribution in [1.29, 1.82) is 0 Å². The molecule has 2 amide bonds. The minimum absolute atomic E-state index is 0.0224. The van der Waals surface area contributed by atoms with E-state index >= 15 is 0 Å². The number of hydrogen-bond acceptors (Lipinski definition) is 6. The number of anilines is 1. The molecule has 2 aliphatic rings. The summed E-state index contributed by atoms with van der Waals surface area (Å²) in [6.45, 7) is 9.30. The van der Waals surface area contributed by atoms with Crippen molar-refractivity contribution in [3.63, 3.8) is 0 Å². The summed E-state index contributed by atoms with van der Waals surface area (Å²) >= 11 is 6.25. The van der Waals surface area contributed by atoms with Gasteiger partial charge in [-0.15, -0.1) is 0 Å². The number of halogens is 2. The van der Waals surface area contributed by atoms with Crippen LogP contribution in [0.25, 0.3) is 11.1 Å². The summed E-state index contributed by atoms with van der Waals surface area (Å²) in [5.41, 5.74) is 1.88. The standard InChI is InChI=1S/C32H37ClFN5O4/c1-18(2)13-35-14-20-9-27(32(42)39(15-20)24-6-7-24)30(40)37-28-10-21(11-29(36-28)43-19(3)4)25-8-5-22(33)12-26(25)31(41)38-16-23(34)17-38/h5,8-12,15,18-19,23-24,35H,6-7,13-14,16-17H2,1-4H3,(H,36,37,40). The number of amides is 2. The number of carbonyl (C=O) groups is 2. The van der Waals surface area contributed by atoms with Crippen LogP contribution < -0.4 is 20.9 Å². The SMILES string of the molecule is CC(C)CNCc1cc(C(=O)Nc2cc(-c3ccc(Cl)cc3C(=O)N3CC(F)C3)cc(OC(C)C)n2)c(=O)n(C2CC2)c1. The Morgan fingerprint density at radius 2 is 1.84 bits per heavy atom. The first-order valence-electron chi connectivity index (χ1n) is 14.7. The van der Waals surface area contributed by atoms with E-state index in [0.717, 1.165) is 24.9 Å². The predicted octanol–water partition coefficient (Wildman–Crippen LogP) is 5.48. The summed E-state index contributed by atoms with van der Waals surface area (Å²) in [7, 11) is 0. The highest BCUT2D eigenvalue weighted by atomic mass is 35.5. The maximum atomic E-state index is 13.6. The number of likely N-dealkylation sites (tertiary alicyclic amines) is 1. The third kappa shape index (κ3) is 7.43. The van der Waals surface area contributed by atoms with E-state index < -0.39 is 12.1 Å². The number of pyridine rings is 2. The van der Waals surface area contributed by atoms with Crippen LogP contribution in [0.4, 0.5) is 10.2 Å². The summed E-state index contributed by atoms with van der Waals surface area (Å²) < 4.78 is 21.1. The molecule has 1 aliphatic carbocycles. The van der Waals surface area contributed by atoms with Gasteiger partial charge in [0.15, 0.2) is 0 Å². The Morgan fingerprint density at radius 1 is 1.09 bits per heavy atom. The molecule has 228 valence electrons. The number of nitrogens with zero attached hydrogens (tertiary/aromatic N) is 3. The zero-order valence-corrected chi connectivity index (χ0v) is 25.6. The highest BCUT2D eigenvalue weighted by Gasteiger charge is 2.32. The van der Waals surface area contributed by atoms with Crippen LogP contribution >= 0.6 is 11.6 Å². The lowest BCUT2D eigenvalue weighted by molar-refractivity contribution is 0.0401. The Hall–Kier alpha value is -3.76. The molecule has 0 atom stereocenters. The van der Waals surface area contributed by atoms with Crippen LogP contribution in [0.3, 0.4) is 0 Å². The van der Waals surface area contributed by atoms with Crippen molar-refractivity contribution in [3.05, 3.63) is 74.7 Å². The number of benzene rings is 1. The van der Waals surface area contributed by atoms with Crippen LogP contribution in [0.5, 0.6) is 5.88 Å². The van der Waals surface area contributed by atoms with Crippen LogP contribution in [0, 0.1) is 5.92 Å². The van der Waals surface area contributed by atoms with Gasteiger partial charge in [-0.05, 0) is 80.1 Å². The van der Waals surface area contributed by atoms with Crippen molar-refractivity contribution < 1.29 is 18.7 Å². The van der Waals surface area contributed by atoms with E-state index in [1.165, 1.54) is 4.90 Å². The molecule has 2 aromatic heterocycles. The molecule has 0 bridgehead atoms. The van der Waals surface area contributed by atoms with Crippen molar-refractivity contribution >= 4 is 29.2 Å². The number of hydrogen-bond donors (Lipinski definition) is 2. The topological polar surface area (TPSA) is 106 Å². The first kappa shape index (κ1) is 30.7. The van der Waals surface area contributed by atoms with E-state index in [9.17, 15) is 18.8 Å². The first-order chi connectivity index (χ1) is 20.5. The van der Waals surface area contributed by atoms with E-state index in [-0.39, 0.29) is 54.0 Å². The van der Waals surface area contributed by atoms with Gasteiger partial charge in [0.05, 0.1) is 19.2 Å². The maximum absolute atomic E-state index is 13.6. The lowest BCUT2D eigenvalue weighted by atomic mass is 9.98. The van der Waals surface area contributed by atoms with Gasteiger partial charge >= 0.3 is 0 Å². The zero-order valence-electron chi connectivity index (χ0n) is 24.8. The van der Waals surface area contributed by atoms with Crippen LogP contribution in [-0.2, 0) is 6.54 Å². The van der Waals surface area contributed by atoms with Gasteiger partial charge in [-0.1, -0.05) is 31.5 Å². The van der Waals surface area contributed by atoms with E-state index in [2.05, 4.69) is 29.5 Å². The van der Waals surface area contributed by atoms with Gasteiger partial charge in [-0.3, -0.25) is 14.4 Å². The molecule has 1 saturated heterocycles. The number of rotatable bonds is 11. The molecule has 0 radical (unpaired) electrons. The van der Waals surface area contributed by atoms with Crippen LogP contribution in [0.1, 0.15) is 72.9 Å². The monoisotopic (exact) mass is 609 g/mol. The quantitative estimate of drug-likeness (QED) is 0.298. The van der Waals surface area contributed by atoms with Crippen LogP contribution in [0.15, 0.2) is 47.4 Å². The van der Waals surface area contributed by atoms with E-state index in [1.54, 1.807) is 41.0 Å². The Morgan fingerprint density at radius 3 is 2.49 bits per heavy atom. The van der Waals surface area contributed by atoms with E-state index in [4.69, 9.17) is 16.3 Å². The Labute approximate surface area is 255 Å². The van der Waals surface area contributed by atoms with Crippen molar-refractivity contribution in [2.75, 3.05) is 25.0 Å². The third-order valence-electron chi connectivity index (χ3n) is 7.21. The van der Waals surface area contributed by atoms with Gasteiger partial charge in [0.25, 0.3) is 17.4 Å². The second-order valence-corrected chi connectivity index (χ2v) is 12.4. The molecule has 11 heteroatoms. The molecular formula is C32H37ClFN5O4. The van der Waals surface area contributed by atoms with Crippen molar-refractivity contribution in [2.24, 2.45) is 5.92 Å². The number of carbonyl (C=O) groups excluding carboxylic acids is 2. The summed E-state index contributed by atoms with van der Waals surface area (Å²) in [6, 6.07) is 9.91. The summed E-state index contributed by atoms with van der Waals surface area (Å²) in [4.78, 5) is 46.1. The van der Waals surface area contributed by atoms with Gasteiger partial charge in [0.1, 0.15) is 17.6 Å². The molecule has 1 aromatic carbocycles. The second kappa shape index (κ2) is 12.9. The van der Waals surface area contributed by atoms with Gasteiger partial charge in [0.2, 0.25) is 5.88 Å². The zero-order chi connectivity index (χ0) is 30.8. The minimum Gasteiger partial charge on any atom is -0.475 e. The fourth-order valence-corrected chi connectivity index (χ4v) is 5.14. The average molecular weight is 610 g/mol. The molecule has 2 N–H and O–H groups in total. The molecule has 3 aromatic rings. The number of nitrogens with one attached hydrogen (secondary N) is 2. The molecular weight excluding hydrogens is 573 g/mol. The lowest BCUT2D eigenvalue weighted by Crippen LogP contribution is -2.51. The van der Waals surface area contributed by atoms with E-state index in [1.807, 2.05) is 20.0 Å². The number of alkyl halides is 1. The first-order valence-corrected chi connectivity index (χ1v) is 15.1. The number of ether oxygens (including phenoxy) is 1. The normalized spacial score (nSPS) is 15.1. The lowest BCUT2D eigenvalue weighted by Gasteiger charge is -2.34. The van der Waals surface area contributed by atoms with Crippen molar-refractivity contribution in [1.82, 2.24) is 19.8 Å². The minimum atomic E-state index is -1.05. The van der Waals surface area contributed by atoms with Gasteiger partial charge in [-0.2, -0.15) is 4.98 Å². The molecule has 1 aliphatic heterocycles. The van der Waals surface area contributed by atoms with Crippen molar-refractivity contribution in [3.8, 4) is 17.0 Å². The largest absolute Gasteiger partial charge is 0.475 e. The Balaban J connectivity index is 1.49. The third-order valence-corrected chi connectivity index (χ3v) is 7.45. The molecule has 43 heavy (non-hydrogen) atoms. The predicted molar refractivity (Wildman–Crippen MR) is 165 cm³/mol. The molecule has 5 rings (SSSR count). The Kier molecular flexibility index (Phi) is 9.17. The fourth-order valence-electron chi connectivity index (χ4n) is 4.97. The molecule has 0 spiro atoms. The van der Waals surface area contributed by atoms with Gasteiger partial charge in [-0.25, -0.2) is 4.39 Å². The fraction of sp³-hybridized carbons (Fsp3) is 0.438. The van der Waals surface area contributed by atoms with Crippen molar-refractivity contribution in [2.45, 2.75) is 65.4 Å². The number of aromatic nitrogens is 2. The summed E-state index contributed by atoms with van der Waals surface area (Å²) in [5.74, 6) is -0.0949. The summed E-state index contributed by atoms with van der Waals surface area (Å²) in [5, 5.41) is 6.52. The van der Waals surface area contributed by atoms with Crippen LogP contribution in [-0.4, -0.2) is 58.2 Å². The Bertz CT molecular complexity index is 1580. The summed E-state index contributed by atoms with van der Waals surface area (Å²) in [6.07, 6.45) is 2.36. The molecule has 0 unspecified atom stereocenters. The van der Waals surface area contributed by atoms with Gasteiger partial charge < -0.3 is 24.8 Å². The smallest absolute Gasteiger partial charge is 0.263 e. The highest BCUT2D eigenvalue weighted by molar-refractivity contribution is 6.31. The van der Waals surface area contributed by atoms with E-state index in [0.29, 0.717) is 34.2 Å².